The summed E-state index contributed by atoms with van der Waals surface area (Å²) in [6, 6.07) is -0.852. The molecule has 0 aliphatic carbocycles. The van der Waals surface area contributed by atoms with E-state index in [1.165, 1.54) is 148 Å². The lowest BCUT2D eigenvalue weighted by molar-refractivity contribution is -0.870. The first-order valence-electron chi connectivity index (χ1n) is 30.6. The zero-order valence-electron chi connectivity index (χ0n) is 48.6. The number of quaternary nitrogens is 1. The molecule has 426 valence electrons. The SMILES string of the molecule is CCCC/C=C\CCCCCCCC(=O)NC(COP(=O)(O)OCC[N+](C)(C)C)C(/C=C\CCCCCCCCCCC)OC(=O)CCCCCCCCCCCCCC/C=C\C/C=C\C/C=C\CCCCC. The first-order chi connectivity index (χ1) is 35.4. The minimum absolute atomic E-state index is 0.0377. The zero-order valence-corrected chi connectivity index (χ0v) is 49.5. The molecule has 73 heavy (non-hydrogen) atoms. The van der Waals surface area contributed by atoms with E-state index >= 15 is 0 Å². The average molecular weight is 1050 g/mol. The van der Waals surface area contributed by atoms with Gasteiger partial charge in [-0.3, -0.25) is 18.6 Å². The monoisotopic (exact) mass is 1050 g/mol. The van der Waals surface area contributed by atoms with E-state index in [-0.39, 0.29) is 31.5 Å². The lowest BCUT2D eigenvalue weighted by atomic mass is 10.0. The molecule has 0 aromatic rings. The third kappa shape index (κ3) is 54.3. The highest BCUT2D eigenvalue weighted by Gasteiger charge is 2.30. The zero-order chi connectivity index (χ0) is 53.6. The quantitative estimate of drug-likeness (QED) is 0.0205. The number of phosphoric acid groups is 1. The summed E-state index contributed by atoms with van der Waals surface area (Å²) in [5, 5.41) is 3.04. The highest BCUT2D eigenvalue weighted by Crippen LogP contribution is 2.43. The van der Waals surface area contributed by atoms with E-state index in [9.17, 15) is 19.0 Å². The van der Waals surface area contributed by atoms with Crippen molar-refractivity contribution in [3.63, 3.8) is 0 Å². The predicted molar refractivity (Wildman–Crippen MR) is 314 cm³/mol. The highest BCUT2D eigenvalue weighted by molar-refractivity contribution is 7.47. The minimum Gasteiger partial charge on any atom is -0.456 e. The molecule has 0 rings (SSSR count). The van der Waals surface area contributed by atoms with E-state index < -0.39 is 20.0 Å². The van der Waals surface area contributed by atoms with Gasteiger partial charge in [-0.05, 0) is 89.5 Å². The van der Waals surface area contributed by atoms with Crippen LogP contribution in [0, 0.1) is 0 Å². The molecule has 0 heterocycles. The molecule has 0 aromatic carbocycles. The number of ether oxygens (including phenoxy) is 1. The fourth-order valence-corrected chi connectivity index (χ4v) is 9.37. The fraction of sp³-hybridized carbons (Fsp3) is 0.810. The molecule has 0 radical (unpaired) electrons. The van der Waals surface area contributed by atoms with Gasteiger partial charge >= 0.3 is 13.8 Å². The van der Waals surface area contributed by atoms with Crippen LogP contribution in [-0.2, 0) is 27.9 Å². The number of carbonyl (C=O) groups excluding carboxylic acids is 2. The maximum atomic E-state index is 13.5. The number of likely N-dealkylation sites (N-methyl/N-ethyl adjacent to an activating group) is 1. The van der Waals surface area contributed by atoms with Gasteiger partial charge in [0.1, 0.15) is 19.3 Å². The first kappa shape index (κ1) is 70.7. The molecule has 3 atom stereocenters. The van der Waals surface area contributed by atoms with Crippen LogP contribution in [0.15, 0.2) is 60.8 Å². The van der Waals surface area contributed by atoms with Gasteiger partial charge in [0.25, 0.3) is 0 Å². The van der Waals surface area contributed by atoms with Gasteiger partial charge in [0.2, 0.25) is 5.91 Å². The Morgan fingerprint density at radius 1 is 0.479 bits per heavy atom. The van der Waals surface area contributed by atoms with Gasteiger partial charge in [0.05, 0.1) is 33.8 Å². The Hall–Kier alpha value is -2.29. The van der Waals surface area contributed by atoms with Gasteiger partial charge in [0.15, 0.2) is 0 Å². The van der Waals surface area contributed by atoms with Crippen molar-refractivity contribution in [2.75, 3.05) is 40.9 Å². The van der Waals surface area contributed by atoms with Crippen LogP contribution in [0.4, 0.5) is 0 Å². The van der Waals surface area contributed by atoms with E-state index in [4.69, 9.17) is 13.8 Å². The van der Waals surface area contributed by atoms with E-state index in [2.05, 4.69) is 74.7 Å². The Morgan fingerprint density at radius 3 is 1.33 bits per heavy atom. The Morgan fingerprint density at radius 2 is 0.849 bits per heavy atom. The number of phosphoric ester groups is 1. The molecule has 0 aliphatic rings. The first-order valence-corrected chi connectivity index (χ1v) is 32.1. The molecular formula is C63H118N2O7P+. The summed E-state index contributed by atoms with van der Waals surface area (Å²) in [7, 11) is 1.49. The number of allylic oxidation sites excluding steroid dienone is 9. The second kappa shape index (κ2) is 53.1. The molecule has 3 unspecified atom stereocenters. The standard InChI is InChI=1S/C63H117N2O7P/c1-7-10-13-16-19-22-25-26-27-28-29-30-31-32-33-34-35-36-37-38-41-44-47-50-53-56-63(67)72-61(54-51-48-45-42-39-23-20-17-14-11-8-2)60(59-71-73(68,69)70-58-57-65(4,5)6)64-62(66)55-52-49-46-43-40-24-21-18-15-12-9-3/h18-19,21-22,26-27,29-30,51,54,60-61H,7-17,20,23-25,28,31-50,52-53,55-59H2,1-6H3,(H-,64,66,68,69)/p+1/b21-18-,22-19-,27-26-,30-29-,54-51-. The fourth-order valence-electron chi connectivity index (χ4n) is 8.63. The van der Waals surface area contributed by atoms with E-state index in [1.54, 1.807) is 0 Å². The van der Waals surface area contributed by atoms with Crippen molar-refractivity contribution in [1.29, 1.82) is 0 Å². The van der Waals surface area contributed by atoms with Crippen molar-refractivity contribution in [3.05, 3.63) is 60.8 Å². The number of hydrogen-bond acceptors (Lipinski definition) is 6. The number of nitrogens with zero attached hydrogens (tertiary/aromatic N) is 1. The van der Waals surface area contributed by atoms with E-state index in [0.717, 1.165) is 96.3 Å². The molecule has 0 saturated heterocycles. The highest BCUT2D eigenvalue weighted by atomic mass is 31.2. The van der Waals surface area contributed by atoms with Crippen LogP contribution < -0.4 is 5.32 Å². The summed E-state index contributed by atoms with van der Waals surface area (Å²) in [5.74, 6) is -0.516. The number of hydrogen-bond donors (Lipinski definition) is 2. The topological polar surface area (TPSA) is 111 Å². The van der Waals surface area contributed by atoms with Gasteiger partial charge in [-0.15, -0.1) is 0 Å². The van der Waals surface area contributed by atoms with Crippen LogP contribution in [0.5, 0.6) is 0 Å². The van der Waals surface area contributed by atoms with E-state index in [0.29, 0.717) is 17.4 Å². The summed E-state index contributed by atoms with van der Waals surface area (Å²) in [6.45, 7) is 6.94. The Labute approximate surface area is 451 Å². The number of unbranched alkanes of at least 4 members (excludes halogenated alkanes) is 31. The predicted octanol–water partition coefficient (Wildman–Crippen LogP) is 18.7. The third-order valence-corrected chi connectivity index (χ3v) is 14.4. The Balaban J connectivity index is 5.06. The van der Waals surface area contributed by atoms with Gasteiger partial charge in [-0.1, -0.05) is 236 Å². The van der Waals surface area contributed by atoms with Gasteiger partial charge in [-0.25, -0.2) is 4.57 Å². The molecule has 0 fully saturated rings. The summed E-state index contributed by atoms with van der Waals surface area (Å²) in [5.41, 5.74) is 0. The largest absolute Gasteiger partial charge is 0.472 e. The second-order valence-electron chi connectivity index (χ2n) is 21.9. The number of rotatable bonds is 55. The second-order valence-corrected chi connectivity index (χ2v) is 23.3. The lowest BCUT2D eigenvalue weighted by Crippen LogP contribution is -2.47. The summed E-state index contributed by atoms with van der Waals surface area (Å²) < 4.78 is 30.6. The maximum absolute atomic E-state index is 13.5. The maximum Gasteiger partial charge on any atom is 0.472 e. The molecular weight excluding hydrogens is 928 g/mol. The smallest absolute Gasteiger partial charge is 0.456 e. The molecule has 0 aromatic heterocycles. The molecule has 10 heteroatoms. The van der Waals surface area contributed by atoms with Crippen LogP contribution >= 0.6 is 7.82 Å². The van der Waals surface area contributed by atoms with Crippen molar-refractivity contribution in [2.24, 2.45) is 0 Å². The minimum atomic E-state index is -4.44. The molecule has 0 aliphatic heterocycles. The molecule has 2 N–H and O–H groups in total. The van der Waals surface area contributed by atoms with E-state index in [1.807, 2.05) is 33.3 Å². The van der Waals surface area contributed by atoms with Crippen molar-refractivity contribution < 1.29 is 37.3 Å². The van der Waals surface area contributed by atoms with Crippen molar-refractivity contribution in [2.45, 2.75) is 290 Å². The number of nitrogens with one attached hydrogen (secondary N) is 1. The lowest BCUT2D eigenvalue weighted by Gasteiger charge is -2.27. The molecule has 1 amide bonds. The Kier molecular flexibility index (Phi) is 51.5. The van der Waals surface area contributed by atoms with Crippen molar-refractivity contribution in [1.82, 2.24) is 5.32 Å². The number of esters is 1. The summed E-state index contributed by atoms with van der Waals surface area (Å²) >= 11 is 0. The molecule has 0 bridgehead atoms. The van der Waals surface area contributed by atoms with Crippen molar-refractivity contribution in [3.8, 4) is 0 Å². The van der Waals surface area contributed by atoms with Gasteiger partial charge in [-0.2, -0.15) is 0 Å². The van der Waals surface area contributed by atoms with Crippen LogP contribution in [0.1, 0.15) is 278 Å². The average Bonchev–Trinajstić information content (AvgIpc) is 3.35. The molecule has 0 spiro atoms. The van der Waals surface area contributed by atoms with Gasteiger partial charge in [0, 0.05) is 12.8 Å². The Bertz CT molecular complexity index is 1440. The van der Waals surface area contributed by atoms with Crippen LogP contribution in [0.3, 0.4) is 0 Å². The van der Waals surface area contributed by atoms with Crippen LogP contribution in [-0.4, -0.2) is 74.3 Å². The summed E-state index contributed by atoms with van der Waals surface area (Å²) in [4.78, 5) is 37.6. The normalized spacial score (nSPS) is 14.1. The van der Waals surface area contributed by atoms with Crippen molar-refractivity contribution >= 4 is 19.7 Å². The summed E-state index contributed by atoms with van der Waals surface area (Å²) in [6.07, 6.45) is 66.5. The number of carbonyl (C=O) groups is 2. The van der Waals surface area contributed by atoms with Crippen LogP contribution in [0.2, 0.25) is 0 Å². The number of amides is 1. The van der Waals surface area contributed by atoms with Gasteiger partial charge < -0.3 is 19.4 Å². The third-order valence-electron chi connectivity index (χ3n) is 13.4. The molecule has 0 saturated carbocycles. The van der Waals surface area contributed by atoms with Crippen LogP contribution in [0.25, 0.3) is 0 Å². The molecule has 9 nitrogen and oxygen atoms in total.